The molecule has 0 saturated carbocycles. The Morgan fingerprint density at radius 1 is 0.925 bits per heavy atom. The number of imide groups is 1. The number of aromatic hydroxyl groups is 1. The molecular weight excluding hydrogens is 508 g/mol. The molecule has 208 valence electrons. The molecule has 0 radical (unpaired) electrons. The van der Waals surface area contributed by atoms with Crippen LogP contribution in [-0.4, -0.2) is 73.1 Å². The number of nitrogens with zero attached hydrogens (tertiary/aromatic N) is 3. The van der Waals surface area contributed by atoms with Crippen molar-refractivity contribution in [3.8, 4) is 11.5 Å². The molecule has 0 atom stereocenters. The Bertz CT molecular complexity index is 1400. The minimum atomic E-state index is -0.488. The fourth-order valence-corrected chi connectivity index (χ4v) is 5.11. The summed E-state index contributed by atoms with van der Waals surface area (Å²) in [5, 5.41) is 12.4. The maximum Gasteiger partial charge on any atom is 0.266 e. The zero-order valence-electron chi connectivity index (χ0n) is 22.8. The number of piperazine rings is 1. The first kappa shape index (κ1) is 27.2. The number of hydrogen-bond acceptors (Lipinski definition) is 7. The van der Waals surface area contributed by atoms with Gasteiger partial charge in [-0.25, -0.2) is 4.90 Å². The molecule has 2 aliphatic heterocycles. The Labute approximate surface area is 233 Å². The van der Waals surface area contributed by atoms with Crippen LogP contribution in [0.4, 0.5) is 11.4 Å². The molecule has 3 aromatic carbocycles. The maximum absolute atomic E-state index is 13.0. The molecule has 1 fully saturated rings. The highest BCUT2D eigenvalue weighted by atomic mass is 16.5. The van der Waals surface area contributed by atoms with E-state index in [0.29, 0.717) is 17.8 Å². The van der Waals surface area contributed by atoms with Crippen molar-refractivity contribution in [3.63, 3.8) is 0 Å². The van der Waals surface area contributed by atoms with Gasteiger partial charge in [-0.1, -0.05) is 12.1 Å². The van der Waals surface area contributed by atoms with Gasteiger partial charge in [-0.05, 0) is 81.4 Å². The first-order valence-corrected chi connectivity index (χ1v) is 13.6. The Morgan fingerprint density at radius 3 is 2.35 bits per heavy atom. The summed E-state index contributed by atoms with van der Waals surface area (Å²) >= 11 is 0. The lowest BCUT2D eigenvalue weighted by molar-refractivity contribution is 0.0923. The Balaban J connectivity index is 1.10. The predicted molar refractivity (Wildman–Crippen MR) is 153 cm³/mol. The van der Waals surface area contributed by atoms with E-state index in [1.54, 1.807) is 6.07 Å². The summed E-state index contributed by atoms with van der Waals surface area (Å²) in [5.74, 6) is -0.261. The van der Waals surface area contributed by atoms with Gasteiger partial charge in [-0.2, -0.15) is 0 Å². The zero-order valence-corrected chi connectivity index (χ0v) is 22.8. The fraction of sp³-hybridized carbons (Fsp3) is 0.323. The van der Waals surface area contributed by atoms with E-state index in [2.05, 4.69) is 21.2 Å². The van der Waals surface area contributed by atoms with Gasteiger partial charge in [-0.3, -0.25) is 19.3 Å². The quantitative estimate of drug-likeness (QED) is 0.312. The van der Waals surface area contributed by atoms with Gasteiger partial charge in [-0.15, -0.1) is 0 Å². The number of phenols is 1. The van der Waals surface area contributed by atoms with Gasteiger partial charge in [0.05, 0.1) is 28.6 Å². The van der Waals surface area contributed by atoms with Crippen molar-refractivity contribution in [2.75, 3.05) is 49.1 Å². The first-order chi connectivity index (χ1) is 19.3. The zero-order chi connectivity index (χ0) is 28.2. The number of nitrogens with one attached hydrogen (secondary N) is 1. The topological polar surface area (TPSA) is 102 Å². The molecule has 1 saturated heterocycles. The summed E-state index contributed by atoms with van der Waals surface area (Å²) in [4.78, 5) is 44.4. The highest BCUT2D eigenvalue weighted by Gasteiger charge is 2.37. The first-order valence-electron chi connectivity index (χ1n) is 13.6. The summed E-state index contributed by atoms with van der Waals surface area (Å²) in [6.45, 7) is 9.13. The SMILES string of the molecule is CC(C)Oc1ccccc1N1CCN(CCCNC(=O)c2ccc3c(c2)C(=O)N(c2ccc(O)cc2)C3=O)CC1. The van der Waals surface area contributed by atoms with E-state index in [4.69, 9.17) is 4.74 Å². The Hall–Kier alpha value is -4.37. The third-order valence-electron chi connectivity index (χ3n) is 7.13. The van der Waals surface area contributed by atoms with Crippen molar-refractivity contribution >= 4 is 29.1 Å². The van der Waals surface area contributed by atoms with Gasteiger partial charge in [0.15, 0.2) is 0 Å². The van der Waals surface area contributed by atoms with Crippen LogP contribution in [0.1, 0.15) is 51.3 Å². The minimum Gasteiger partial charge on any atom is -0.508 e. The van der Waals surface area contributed by atoms with Crippen LogP contribution in [0.3, 0.4) is 0 Å². The fourth-order valence-electron chi connectivity index (χ4n) is 5.11. The summed E-state index contributed by atoms with van der Waals surface area (Å²) < 4.78 is 5.99. The molecule has 0 spiro atoms. The molecule has 0 aliphatic carbocycles. The molecule has 9 heteroatoms. The van der Waals surface area contributed by atoms with E-state index in [-0.39, 0.29) is 28.9 Å². The molecule has 5 rings (SSSR count). The van der Waals surface area contributed by atoms with Gasteiger partial charge in [0, 0.05) is 38.3 Å². The van der Waals surface area contributed by atoms with Crippen LogP contribution in [0.25, 0.3) is 0 Å². The summed E-state index contributed by atoms with van der Waals surface area (Å²) in [6.07, 6.45) is 0.924. The average Bonchev–Trinajstić information content (AvgIpc) is 3.20. The molecule has 2 aliphatic rings. The molecular formula is C31H34N4O5. The van der Waals surface area contributed by atoms with E-state index in [1.165, 1.54) is 36.4 Å². The van der Waals surface area contributed by atoms with E-state index >= 15 is 0 Å². The van der Waals surface area contributed by atoms with Crippen LogP contribution >= 0.6 is 0 Å². The van der Waals surface area contributed by atoms with Gasteiger partial charge in [0.2, 0.25) is 0 Å². The predicted octanol–water partition coefficient (Wildman–Crippen LogP) is 3.92. The van der Waals surface area contributed by atoms with Crippen molar-refractivity contribution in [2.45, 2.75) is 26.4 Å². The lowest BCUT2D eigenvalue weighted by Gasteiger charge is -2.37. The molecule has 2 N–H and O–H groups in total. The molecule has 2 heterocycles. The van der Waals surface area contributed by atoms with E-state index in [0.717, 1.165) is 55.5 Å². The van der Waals surface area contributed by atoms with E-state index in [9.17, 15) is 19.5 Å². The second kappa shape index (κ2) is 11.8. The van der Waals surface area contributed by atoms with Gasteiger partial charge >= 0.3 is 0 Å². The highest BCUT2D eigenvalue weighted by Crippen LogP contribution is 2.31. The summed E-state index contributed by atoms with van der Waals surface area (Å²) in [5.41, 5.74) is 2.28. The molecule has 0 unspecified atom stereocenters. The molecule has 9 nitrogen and oxygen atoms in total. The van der Waals surface area contributed by atoms with Crippen molar-refractivity contribution in [1.82, 2.24) is 10.2 Å². The summed E-state index contributed by atoms with van der Waals surface area (Å²) in [6, 6.07) is 18.6. The molecule has 40 heavy (non-hydrogen) atoms. The molecule has 0 bridgehead atoms. The standard InChI is InChI=1S/C31H34N4O5/c1-21(2)40-28-7-4-3-6-27(28)34-18-16-33(17-19-34)15-5-14-32-29(37)22-8-13-25-26(20-22)31(39)35(30(25)38)23-9-11-24(36)12-10-23/h3-4,6-13,20-21,36H,5,14-19H2,1-2H3,(H,32,37). The Morgan fingerprint density at radius 2 is 1.62 bits per heavy atom. The monoisotopic (exact) mass is 542 g/mol. The van der Waals surface area contributed by atoms with Gasteiger partial charge < -0.3 is 20.1 Å². The molecule has 3 amide bonds. The van der Waals surface area contributed by atoms with Crippen LogP contribution in [0, 0.1) is 0 Å². The normalized spacial score (nSPS) is 15.5. The number of carbonyl (C=O) groups is 3. The van der Waals surface area contributed by atoms with Crippen LogP contribution < -0.4 is 19.9 Å². The van der Waals surface area contributed by atoms with Crippen LogP contribution in [0.5, 0.6) is 11.5 Å². The number of rotatable bonds is 9. The second-order valence-electron chi connectivity index (χ2n) is 10.3. The number of fused-ring (bicyclic) bond motifs is 1. The molecule has 0 aromatic heterocycles. The van der Waals surface area contributed by atoms with E-state index < -0.39 is 11.8 Å². The number of phenolic OH excluding ortho intramolecular Hbond substituents is 1. The number of anilines is 2. The summed E-state index contributed by atoms with van der Waals surface area (Å²) in [7, 11) is 0. The number of amides is 3. The van der Waals surface area contributed by atoms with Crippen molar-refractivity contribution in [2.24, 2.45) is 0 Å². The number of para-hydroxylation sites is 2. The van der Waals surface area contributed by atoms with Crippen molar-refractivity contribution in [1.29, 1.82) is 0 Å². The van der Waals surface area contributed by atoms with Crippen LogP contribution in [0.15, 0.2) is 66.7 Å². The lowest BCUT2D eigenvalue weighted by atomic mass is 10.1. The van der Waals surface area contributed by atoms with Crippen molar-refractivity contribution < 1.29 is 24.2 Å². The smallest absolute Gasteiger partial charge is 0.266 e. The average molecular weight is 543 g/mol. The number of ether oxygens (including phenoxy) is 1. The van der Waals surface area contributed by atoms with Gasteiger partial charge in [0.25, 0.3) is 17.7 Å². The minimum absolute atomic E-state index is 0.0413. The highest BCUT2D eigenvalue weighted by molar-refractivity contribution is 6.34. The number of benzene rings is 3. The Kier molecular flexibility index (Phi) is 8.02. The number of hydrogen-bond donors (Lipinski definition) is 2. The molecule has 3 aromatic rings. The lowest BCUT2D eigenvalue weighted by Crippen LogP contribution is -2.47. The van der Waals surface area contributed by atoms with Gasteiger partial charge in [0.1, 0.15) is 11.5 Å². The van der Waals surface area contributed by atoms with Crippen molar-refractivity contribution in [3.05, 3.63) is 83.4 Å². The third kappa shape index (κ3) is 5.79. The van der Waals surface area contributed by atoms with E-state index in [1.807, 2.05) is 32.0 Å². The largest absolute Gasteiger partial charge is 0.508 e. The maximum atomic E-state index is 13.0. The number of carbonyl (C=O) groups excluding carboxylic acids is 3. The van der Waals surface area contributed by atoms with Crippen LogP contribution in [-0.2, 0) is 0 Å². The van der Waals surface area contributed by atoms with Crippen LogP contribution in [0.2, 0.25) is 0 Å². The second-order valence-corrected chi connectivity index (χ2v) is 10.3. The third-order valence-corrected chi connectivity index (χ3v) is 7.13.